The molecular formula is C10H17NO3. The number of benzene rings is 1. The number of likely N-dealkylation sites (N-methyl/N-ethyl adjacent to an activating group) is 1. The minimum atomic E-state index is -0.977. The molecule has 0 aromatic heterocycles. The van der Waals surface area contributed by atoms with E-state index in [1.807, 2.05) is 30.3 Å². The van der Waals surface area contributed by atoms with Crippen LogP contribution in [0.4, 0.5) is 0 Å². The second-order valence-corrected chi connectivity index (χ2v) is 3.52. The SMILES string of the molecule is CC(Cc1ccccc1)[N+](C)(O)O.[OH-]. The molecular weight excluding hydrogens is 182 g/mol. The van der Waals surface area contributed by atoms with E-state index < -0.39 is 4.81 Å². The van der Waals surface area contributed by atoms with E-state index >= 15 is 0 Å². The van der Waals surface area contributed by atoms with E-state index in [2.05, 4.69) is 0 Å². The number of nitrogens with zero attached hydrogens (tertiary/aromatic N) is 1. The number of hydrogen-bond donors (Lipinski definition) is 2. The molecule has 80 valence electrons. The van der Waals surface area contributed by atoms with Gasteiger partial charge in [-0.15, -0.1) is 0 Å². The average molecular weight is 199 g/mol. The average Bonchev–Trinajstić information content (AvgIpc) is 2.04. The highest BCUT2D eigenvalue weighted by atomic mass is 16.8. The van der Waals surface area contributed by atoms with Crippen LogP contribution in [-0.4, -0.2) is 33.8 Å². The molecule has 1 rings (SSSR count). The predicted molar refractivity (Wildman–Crippen MR) is 51.3 cm³/mol. The highest BCUT2D eigenvalue weighted by molar-refractivity contribution is 5.15. The molecule has 0 aliphatic carbocycles. The maximum atomic E-state index is 9.24. The standard InChI is InChI=1S/C10H16NO2.H2O/c1-9(11(2,12)13)8-10-6-4-3-5-7-10;/h3-7,9,12-13H,8H2,1-2H3;1H2/q+1;/p-1. The number of hydrogen-bond acceptors (Lipinski definition) is 3. The maximum absolute atomic E-state index is 9.24. The smallest absolute Gasteiger partial charge is 0.153 e. The molecule has 1 aromatic rings. The quantitative estimate of drug-likeness (QED) is 0.574. The summed E-state index contributed by atoms with van der Waals surface area (Å²) in [5.41, 5.74) is 1.11. The van der Waals surface area contributed by atoms with E-state index in [0.29, 0.717) is 6.42 Å². The summed E-state index contributed by atoms with van der Waals surface area (Å²) in [4.78, 5) is -0.977. The highest BCUT2D eigenvalue weighted by Crippen LogP contribution is 2.09. The van der Waals surface area contributed by atoms with Gasteiger partial charge in [0.2, 0.25) is 0 Å². The fraction of sp³-hybridized carbons (Fsp3) is 0.400. The lowest BCUT2D eigenvalue weighted by Gasteiger charge is -2.23. The summed E-state index contributed by atoms with van der Waals surface area (Å²) < 4.78 is 0. The Morgan fingerprint density at radius 3 is 2.14 bits per heavy atom. The van der Waals surface area contributed by atoms with Crippen molar-refractivity contribution >= 4 is 0 Å². The fourth-order valence-corrected chi connectivity index (χ4v) is 1.13. The minimum Gasteiger partial charge on any atom is -0.870 e. The zero-order valence-electron chi connectivity index (χ0n) is 8.46. The second-order valence-electron chi connectivity index (χ2n) is 3.52. The van der Waals surface area contributed by atoms with Gasteiger partial charge in [-0.25, -0.2) is 0 Å². The Bertz CT molecular complexity index is 256. The summed E-state index contributed by atoms with van der Waals surface area (Å²) in [7, 11) is 1.35. The second kappa shape index (κ2) is 5.07. The van der Waals surface area contributed by atoms with Gasteiger partial charge in [-0.05, 0) is 17.3 Å². The number of rotatable bonds is 3. The van der Waals surface area contributed by atoms with Crippen LogP contribution in [0.5, 0.6) is 0 Å². The first-order valence-electron chi connectivity index (χ1n) is 4.36. The third-order valence-corrected chi connectivity index (χ3v) is 2.21. The molecule has 0 saturated carbocycles. The topological polar surface area (TPSA) is 70.5 Å². The normalized spacial score (nSPS) is 13.1. The molecule has 14 heavy (non-hydrogen) atoms. The molecule has 0 radical (unpaired) electrons. The summed E-state index contributed by atoms with van der Waals surface area (Å²) in [6.07, 6.45) is 0.657. The largest absolute Gasteiger partial charge is 0.870 e. The van der Waals surface area contributed by atoms with Crippen molar-refractivity contribution in [3.05, 3.63) is 35.9 Å². The van der Waals surface area contributed by atoms with Crippen molar-refractivity contribution in [3.63, 3.8) is 0 Å². The summed E-state index contributed by atoms with van der Waals surface area (Å²) in [6, 6.07) is 9.57. The molecule has 0 heterocycles. The fourth-order valence-electron chi connectivity index (χ4n) is 1.13. The molecule has 0 amide bonds. The van der Waals surface area contributed by atoms with Gasteiger partial charge in [0.05, 0.1) is 0 Å². The lowest BCUT2D eigenvalue weighted by Crippen LogP contribution is -2.45. The van der Waals surface area contributed by atoms with E-state index in [9.17, 15) is 10.4 Å². The van der Waals surface area contributed by atoms with Gasteiger partial charge in [-0.2, -0.15) is 10.4 Å². The predicted octanol–water partition coefficient (Wildman–Crippen LogP) is 1.67. The highest BCUT2D eigenvalue weighted by Gasteiger charge is 2.25. The van der Waals surface area contributed by atoms with Gasteiger partial charge in [0.25, 0.3) is 0 Å². The van der Waals surface area contributed by atoms with Gasteiger partial charge in [-0.3, -0.25) is 0 Å². The monoisotopic (exact) mass is 199 g/mol. The molecule has 0 aliphatic rings. The van der Waals surface area contributed by atoms with Crippen LogP contribution in [0.15, 0.2) is 30.3 Å². The lowest BCUT2D eigenvalue weighted by atomic mass is 10.1. The third kappa shape index (κ3) is 3.85. The van der Waals surface area contributed by atoms with Crippen molar-refractivity contribution in [2.24, 2.45) is 0 Å². The van der Waals surface area contributed by atoms with E-state index in [1.165, 1.54) is 7.05 Å². The Morgan fingerprint density at radius 1 is 1.21 bits per heavy atom. The van der Waals surface area contributed by atoms with Crippen LogP contribution < -0.4 is 0 Å². The van der Waals surface area contributed by atoms with Gasteiger partial charge in [0.15, 0.2) is 6.04 Å². The molecule has 4 nitrogen and oxygen atoms in total. The molecule has 0 bridgehead atoms. The van der Waals surface area contributed by atoms with E-state index in [4.69, 9.17) is 0 Å². The molecule has 0 aliphatic heterocycles. The van der Waals surface area contributed by atoms with Gasteiger partial charge < -0.3 is 5.48 Å². The van der Waals surface area contributed by atoms with Crippen molar-refractivity contribution in [2.75, 3.05) is 7.05 Å². The molecule has 3 N–H and O–H groups in total. The Kier molecular flexibility index (Phi) is 4.73. The third-order valence-electron chi connectivity index (χ3n) is 2.21. The van der Waals surface area contributed by atoms with Crippen molar-refractivity contribution in [1.82, 2.24) is 0 Å². The zero-order chi connectivity index (χ0) is 9.90. The van der Waals surface area contributed by atoms with Crippen molar-refractivity contribution in [2.45, 2.75) is 19.4 Å². The van der Waals surface area contributed by atoms with Crippen LogP contribution in [0.25, 0.3) is 0 Å². The van der Waals surface area contributed by atoms with Crippen molar-refractivity contribution < 1.29 is 20.7 Å². The summed E-state index contributed by atoms with van der Waals surface area (Å²) >= 11 is 0. The van der Waals surface area contributed by atoms with E-state index in [0.717, 1.165) is 5.56 Å². The molecule has 0 fully saturated rings. The Morgan fingerprint density at radius 2 is 1.71 bits per heavy atom. The Labute approximate surface area is 83.8 Å². The van der Waals surface area contributed by atoms with E-state index in [-0.39, 0.29) is 11.5 Å². The van der Waals surface area contributed by atoms with Crippen molar-refractivity contribution in [3.8, 4) is 0 Å². The van der Waals surface area contributed by atoms with Gasteiger partial charge in [-0.1, -0.05) is 30.3 Å². The van der Waals surface area contributed by atoms with Crippen LogP contribution in [-0.2, 0) is 6.42 Å². The van der Waals surface area contributed by atoms with Crippen LogP contribution in [0, 0.1) is 0 Å². The molecule has 0 saturated heterocycles. The van der Waals surface area contributed by atoms with Crippen LogP contribution in [0.3, 0.4) is 0 Å². The minimum absolute atomic E-state index is 0. The number of quaternary nitrogens is 1. The van der Waals surface area contributed by atoms with E-state index in [1.54, 1.807) is 6.92 Å². The molecule has 1 aromatic carbocycles. The first-order chi connectivity index (χ1) is 6.00. The summed E-state index contributed by atoms with van der Waals surface area (Å²) in [5, 5.41) is 18.5. The summed E-state index contributed by atoms with van der Waals surface area (Å²) in [6.45, 7) is 1.80. The molecule has 4 heteroatoms. The number of hydroxylamine groups is 4. The Hall–Kier alpha value is -0.940. The Balaban J connectivity index is 0.00000169. The molecule has 1 unspecified atom stereocenters. The van der Waals surface area contributed by atoms with Crippen LogP contribution in [0.2, 0.25) is 0 Å². The first kappa shape index (κ1) is 13.1. The summed E-state index contributed by atoms with van der Waals surface area (Å²) in [5.74, 6) is 0. The lowest BCUT2D eigenvalue weighted by molar-refractivity contribution is -1.25. The zero-order valence-corrected chi connectivity index (χ0v) is 8.46. The van der Waals surface area contributed by atoms with Gasteiger partial charge >= 0.3 is 0 Å². The van der Waals surface area contributed by atoms with Crippen LogP contribution >= 0.6 is 0 Å². The van der Waals surface area contributed by atoms with Crippen molar-refractivity contribution in [1.29, 1.82) is 0 Å². The molecule has 1 atom stereocenters. The van der Waals surface area contributed by atoms with Gasteiger partial charge in [0, 0.05) is 6.42 Å². The maximum Gasteiger partial charge on any atom is 0.153 e. The van der Waals surface area contributed by atoms with Gasteiger partial charge in [0.1, 0.15) is 7.05 Å². The first-order valence-corrected chi connectivity index (χ1v) is 4.36. The van der Waals surface area contributed by atoms with Crippen LogP contribution in [0.1, 0.15) is 12.5 Å². The molecule has 0 spiro atoms.